The van der Waals surface area contributed by atoms with Crippen LogP contribution in [0.3, 0.4) is 0 Å². The van der Waals surface area contributed by atoms with Crippen molar-refractivity contribution in [3.05, 3.63) is 59.7 Å². The fourth-order valence-corrected chi connectivity index (χ4v) is 3.32. The summed E-state index contributed by atoms with van der Waals surface area (Å²) in [5.74, 6) is 0. The van der Waals surface area contributed by atoms with Crippen LogP contribution in [0.2, 0.25) is 0 Å². The molecule has 1 saturated heterocycles. The fourth-order valence-electron chi connectivity index (χ4n) is 2.53. The Morgan fingerprint density at radius 1 is 1.04 bits per heavy atom. The zero-order valence-electron chi connectivity index (χ0n) is 14.1. The summed E-state index contributed by atoms with van der Waals surface area (Å²) >= 11 is 0. The predicted molar refractivity (Wildman–Crippen MR) is 98.6 cm³/mol. The van der Waals surface area contributed by atoms with Crippen molar-refractivity contribution in [1.29, 1.82) is 0 Å². The number of hydrogen-bond donors (Lipinski definition) is 1. The second-order valence-corrected chi connectivity index (χ2v) is 7.52. The lowest BCUT2D eigenvalue weighted by Crippen LogP contribution is -2.36. The quantitative estimate of drug-likeness (QED) is 0.656. The van der Waals surface area contributed by atoms with E-state index < -0.39 is 10.0 Å². The Morgan fingerprint density at radius 3 is 2.32 bits per heavy atom. The van der Waals surface area contributed by atoms with Gasteiger partial charge in [0.15, 0.2) is 0 Å². The van der Waals surface area contributed by atoms with Crippen molar-refractivity contribution in [3.8, 4) is 0 Å². The highest BCUT2D eigenvalue weighted by Gasteiger charge is 2.12. The average Bonchev–Trinajstić information content (AvgIpc) is 2.63. The molecule has 0 aromatic heterocycles. The number of anilines is 1. The number of hydrazone groups is 1. The summed E-state index contributed by atoms with van der Waals surface area (Å²) in [6, 6.07) is 14.4. The van der Waals surface area contributed by atoms with E-state index in [9.17, 15) is 8.42 Å². The summed E-state index contributed by atoms with van der Waals surface area (Å²) in [5, 5.41) is 3.86. The van der Waals surface area contributed by atoms with Crippen LogP contribution in [-0.2, 0) is 14.8 Å². The van der Waals surface area contributed by atoms with Crippen LogP contribution in [0.15, 0.2) is 58.5 Å². The summed E-state index contributed by atoms with van der Waals surface area (Å²) in [5.41, 5.74) is 2.95. The second kappa shape index (κ2) is 7.67. The van der Waals surface area contributed by atoms with Crippen molar-refractivity contribution in [1.82, 2.24) is 4.83 Å². The molecule has 2 aromatic carbocycles. The van der Waals surface area contributed by atoms with Crippen LogP contribution in [0, 0.1) is 6.92 Å². The monoisotopic (exact) mass is 359 g/mol. The molecule has 1 fully saturated rings. The van der Waals surface area contributed by atoms with E-state index in [0.29, 0.717) is 0 Å². The lowest BCUT2D eigenvalue weighted by Gasteiger charge is -2.28. The summed E-state index contributed by atoms with van der Waals surface area (Å²) in [4.78, 5) is 4.68. The Labute approximate surface area is 148 Å². The van der Waals surface area contributed by atoms with Gasteiger partial charge in [-0.15, -0.1) is 0 Å². The van der Waals surface area contributed by atoms with Crippen LogP contribution in [0.4, 0.5) is 5.69 Å². The maximum atomic E-state index is 12.2. The van der Waals surface area contributed by atoms with E-state index in [0.717, 1.165) is 43.1 Å². The van der Waals surface area contributed by atoms with E-state index in [1.165, 1.54) is 6.21 Å². The minimum Gasteiger partial charge on any atom is -0.378 e. The predicted octanol–water partition coefficient (Wildman–Crippen LogP) is 2.14. The minimum atomic E-state index is -3.64. The number of ether oxygens (including phenoxy) is 1. The third-order valence-corrected chi connectivity index (χ3v) is 5.23. The maximum absolute atomic E-state index is 12.2. The average molecular weight is 359 g/mol. The van der Waals surface area contributed by atoms with Gasteiger partial charge in [-0.1, -0.05) is 29.8 Å². The van der Waals surface area contributed by atoms with Crippen molar-refractivity contribution in [2.75, 3.05) is 31.2 Å². The smallest absolute Gasteiger partial charge is 0.276 e. The molecule has 0 spiro atoms. The first-order valence-electron chi connectivity index (χ1n) is 8.09. The van der Waals surface area contributed by atoms with E-state index in [1.54, 1.807) is 24.3 Å². The molecule has 2 aromatic rings. The third kappa shape index (κ3) is 4.58. The van der Waals surface area contributed by atoms with Crippen LogP contribution in [0.25, 0.3) is 0 Å². The summed E-state index contributed by atoms with van der Waals surface area (Å²) in [6.07, 6.45) is 1.49. The highest BCUT2D eigenvalue weighted by molar-refractivity contribution is 7.89. The fraction of sp³-hybridized carbons (Fsp3) is 0.278. The van der Waals surface area contributed by atoms with E-state index in [4.69, 9.17) is 4.74 Å². The first-order valence-corrected chi connectivity index (χ1v) is 9.57. The van der Waals surface area contributed by atoms with Crippen LogP contribution >= 0.6 is 0 Å². The van der Waals surface area contributed by atoms with Crippen molar-refractivity contribution in [2.45, 2.75) is 11.8 Å². The van der Waals surface area contributed by atoms with Gasteiger partial charge < -0.3 is 9.64 Å². The molecule has 1 aliphatic heterocycles. The molecule has 0 saturated carbocycles. The Hall–Kier alpha value is -2.38. The molecular formula is C18H21N3O3S. The van der Waals surface area contributed by atoms with Crippen molar-refractivity contribution < 1.29 is 13.2 Å². The molecule has 0 aliphatic carbocycles. The Kier molecular flexibility index (Phi) is 5.35. The number of morpholine rings is 1. The van der Waals surface area contributed by atoms with Crippen LogP contribution in [0.5, 0.6) is 0 Å². The molecule has 0 atom stereocenters. The van der Waals surface area contributed by atoms with Crippen LogP contribution < -0.4 is 9.73 Å². The van der Waals surface area contributed by atoms with E-state index in [-0.39, 0.29) is 4.90 Å². The molecule has 25 heavy (non-hydrogen) atoms. The Bertz CT molecular complexity index is 825. The third-order valence-electron chi connectivity index (χ3n) is 3.99. The van der Waals surface area contributed by atoms with Crippen molar-refractivity contribution in [2.24, 2.45) is 5.10 Å². The zero-order valence-corrected chi connectivity index (χ0v) is 14.9. The first kappa shape index (κ1) is 17.4. The maximum Gasteiger partial charge on any atom is 0.276 e. The lowest BCUT2D eigenvalue weighted by atomic mass is 10.2. The van der Waals surface area contributed by atoms with E-state index >= 15 is 0 Å². The van der Waals surface area contributed by atoms with Gasteiger partial charge in [-0.25, -0.2) is 4.83 Å². The molecule has 0 bridgehead atoms. The molecule has 1 N–H and O–H groups in total. The number of aryl methyl sites for hydroxylation is 1. The van der Waals surface area contributed by atoms with Crippen LogP contribution in [0.1, 0.15) is 11.1 Å². The van der Waals surface area contributed by atoms with Gasteiger partial charge in [0.05, 0.1) is 24.3 Å². The largest absolute Gasteiger partial charge is 0.378 e. The minimum absolute atomic E-state index is 0.193. The molecule has 132 valence electrons. The summed E-state index contributed by atoms with van der Waals surface area (Å²) < 4.78 is 29.6. The van der Waals surface area contributed by atoms with Gasteiger partial charge in [0, 0.05) is 18.8 Å². The molecule has 0 radical (unpaired) electrons. The number of sulfonamides is 1. The Balaban J connectivity index is 1.62. The number of hydrogen-bond acceptors (Lipinski definition) is 5. The number of benzene rings is 2. The van der Waals surface area contributed by atoms with Gasteiger partial charge in [0.1, 0.15) is 0 Å². The van der Waals surface area contributed by atoms with Crippen molar-refractivity contribution >= 4 is 21.9 Å². The standard InChI is InChI=1S/C18H21N3O3S/c1-15-2-8-18(9-3-15)25(22,23)20-19-14-16-4-6-17(7-5-16)21-10-12-24-13-11-21/h2-9,14,20H,10-13H2,1H3/b19-14-. The molecule has 1 aliphatic rings. The first-order chi connectivity index (χ1) is 12.0. The van der Waals surface area contributed by atoms with Gasteiger partial charge >= 0.3 is 0 Å². The van der Waals surface area contributed by atoms with Crippen molar-refractivity contribution in [3.63, 3.8) is 0 Å². The van der Waals surface area contributed by atoms with Gasteiger partial charge in [0.2, 0.25) is 0 Å². The molecular weight excluding hydrogens is 338 g/mol. The normalized spacial score (nSPS) is 15.5. The second-order valence-electron chi connectivity index (χ2n) is 5.86. The molecule has 7 heteroatoms. The number of nitrogens with one attached hydrogen (secondary N) is 1. The zero-order chi connectivity index (χ0) is 17.7. The molecule has 3 rings (SSSR count). The molecule has 1 heterocycles. The van der Waals surface area contributed by atoms with Crippen LogP contribution in [-0.4, -0.2) is 40.9 Å². The number of nitrogens with zero attached hydrogens (tertiary/aromatic N) is 2. The molecule has 0 amide bonds. The van der Waals surface area contributed by atoms with E-state index in [2.05, 4.69) is 14.8 Å². The molecule has 0 unspecified atom stereocenters. The molecule has 6 nitrogen and oxygen atoms in total. The SMILES string of the molecule is Cc1ccc(S(=O)(=O)N/N=C\c2ccc(N3CCOCC3)cc2)cc1. The lowest BCUT2D eigenvalue weighted by molar-refractivity contribution is 0.122. The van der Waals surface area contributed by atoms with Gasteiger partial charge in [-0.2, -0.15) is 13.5 Å². The Morgan fingerprint density at radius 2 is 1.68 bits per heavy atom. The highest BCUT2D eigenvalue weighted by atomic mass is 32.2. The van der Waals surface area contributed by atoms with Gasteiger partial charge in [-0.05, 0) is 36.8 Å². The highest BCUT2D eigenvalue weighted by Crippen LogP contribution is 2.16. The topological polar surface area (TPSA) is 71.0 Å². The van der Waals surface area contributed by atoms with E-state index in [1.807, 2.05) is 31.2 Å². The van der Waals surface area contributed by atoms with Gasteiger partial charge in [-0.3, -0.25) is 0 Å². The van der Waals surface area contributed by atoms with Gasteiger partial charge in [0.25, 0.3) is 10.0 Å². The summed E-state index contributed by atoms with van der Waals surface area (Å²) in [6.45, 7) is 5.14. The summed E-state index contributed by atoms with van der Waals surface area (Å²) in [7, 11) is -3.64. The number of rotatable bonds is 5.